The minimum atomic E-state index is -2.87. The van der Waals surface area contributed by atoms with E-state index in [4.69, 9.17) is 0 Å². The highest BCUT2D eigenvalue weighted by molar-refractivity contribution is 5.83. The summed E-state index contributed by atoms with van der Waals surface area (Å²) in [5.41, 5.74) is 0.556. The van der Waals surface area contributed by atoms with E-state index in [-0.39, 0.29) is 5.75 Å². The molecule has 1 rings (SSSR count). The number of carboxylic acids is 1. The summed E-state index contributed by atoms with van der Waals surface area (Å²) in [7, 11) is 0. The van der Waals surface area contributed by atoms with Gasteiger partial charge in [-0.3, -0.25) is 0 Å². The third-order valence-corrected chi connectivity index (χ3v) is 1.52. The van der Waals surface area contributed by atoms with E-state index in [2.05, 4.69) is 4.74 Å². The summed E-state index contributed by atoms with van der Waals surface area (Å²) in [4.78, 5) is 10.1. The van der Waals surface area contributed by atoms with E-state index < -0.39 is 12.6 Å². The summed E-state index contributed by atoms with van der Waals surface area (Å²) in [6.07, 6.45) is 2.14. The minimum absolute atomic E-state index is 0.0237. The first-order valence-electron chi connectivity index (χ1n) is 4.02. The van der Waals surface area contributed by atoms with Gasteiger partial charge in [0.25, 0.3) is 0 Å². The predicted octanol–water partition coefficient (Wildman–Crippen LogP) is 1.05. The molecule has 0 atom stereocenters. The van der Waals surface area contributed by atoms with Gasteiger partial charge in [0.1, 0.15) is 5.75 Å². The lowest BCUT2D eigenvalue weighted by Crippen LogP contribution is -2.18. The predicted molar refractivity (Wildman–Crippen MR) is 47.1 cm³/mol. The maximum absolute atomic E-state index is 11.8. The van der Waals surface area contributed by atoms with Crippen LogP contribution in [-0.4, -0.2) is 12.6 Å². The molecule has 0 spiro atoms. The van der Waals surface area contributed by atoms with Crippen molar-refractivity contribution in [3.63, 3.8) is 0 Å². The van der Waals surface area contributed by atoms with Gasteiger partial charge in [-0.1, -0.05) is 18.2 Å². The lowest BCUT2D eigenvalue weighted by Gasteiger charge is -2.03. The molecule has 0 aliphatic heterocycles. The van der Waals surface area contributed by atoms with Crippen molar-refractivity contribution in [1.29, 1.82) is 0 Å². The summed E-state index contributed by atoms with van der Waals surface area (Å²) >= 11 is 0. The number of aliphatic carboxylic acids is 1. The van der Waals surface area contributed by atoms with Crippen molar-refractivity contribution in [3.8, 4) is 5.75 Å². The van der Waals surface area contributed by atoms with Gasteiger partial charge in [0.15, 0.2) is 0 Å². The number of halogens is 2. The molecule has 0 unspecified atom stereocenters. The van der Waals surface area contributed by atoms with Gasteiger partial charge in [0.2, 0.25) is 0 Å². The second-order valence-electron chi connectivity index (χ2n) is 2.60. The topological polar surface area (TPSA) is 49.4 Å². The number of hydrogen-bond acceptors (Lipinski definition) is 3. The van der Waals surface area contributed by atoms with Gasteiger partial charge in [-0.05, 0) is 23.8 Å². The van der Waals surface area contributed by atoms with E-state index in [0.717, 1.165) is 6.08 Å². The summed E-state index contributed by atoms with van der Waals surface area (Å²) < 4.78 is 27.6. The molecule has 0 radical (unpaired) electrons. The molecule has 0 amide bonds. The normalized spacial score (nSPS) is 10.9. The molecule has 15 heavy (non-hydrogen) atoms. The van der Waals surface area contributed by atoms with Crippen LogP contribution in [0.4, 0.5) is 8.78 Å². The van der Waals surface area contributed by atoms with Gasteiger partial charge in [-0.25, -0.2) is 0 Å². The highest BCUT2D eigenvalue weighted by Gasteiger charge is 2.02. The molecule has 5 heteroatoms. The Morgan fingerprint density at radius 2 is 1.93 bits per heavy atom. The van der Waals surface area contributed by atoms with Crippen LogP contribution in [0.15, 0.2) is 30.3 Å². The molecule has 0 fully saturated rings. The summed E-state index contributed by atoms with van der Waals surface area (Å²) in [6.45, 7) is -2.87. The first-order chi connectivity index (χ1) is 7.08. The van der Waals surface area contributed by atoms with Crippen LogP contribution >= 0.6 is 0 Å². The van der Waals surface area contributed by atoms with Crippen LogP contribution in [0.3, 0.4) is 0 Å². The van der Waals surface area contributed by atoms with E-state index in [1.165, 1.54) is 30.3 Å². The van der Waals surface area contributed by atoms with E-state index >= 15 is 0 Å². The molecule has 80 valence electrons. The Hall–Kier alpha value is -1.91. The molecule has 0 aliphatic carbocycles. The summed E-state index contributed by atoms with van der Waals surface area (Å²) in [6, 6.07) is 5.55. The zero-order valence-corrected chi connectivity index (χ0v) is 7.52. The molecule has 1 aromatic carbocycles. The molecule has 0 bridgehead atoms. The average Bonchev–Trinajstić information content (AvgIpc) is 2.16. The number of ether oxygens (including phenoxy) is 1. The molecular formula is C10H7F2O3-. The van der Waals surface area contributed by atoms with Gasteiger partial charge in [-0.2, -0.15) is 8.78 Å². The maximum atomic E-state index is 11.8. The fraction of sp³-hybridized carbons (Fsp3) is 0.100. The second kappa shape index (κ2) is 5.09. The SMILES string of the molecule is O=C([O-])/C=C\c1ccc(OC(F)F)cc1. The van der Waals surface area contributed by atoms with E-state index in [0.29, 0.717) is 5.56 Å². The van der Waals surface area contributed by atoms with E-state index in [1.807, 2.05) is 0 Å². The van der Waals surface area contributed by atoms with E-state index in [1.54, 1.807) is 0 Å². The van der Waals surface area contributed by atoms with Crippen molar-refractivity contribution in [2.45, 2.75) is 6.61 Å². The molecule has 0 saturated carbocycles. The quantitative estimate of drug-likeness (QED) is 0.702. The van der Waals surface area contributed by atoms with Crippen LogP contribution in [-0.2, 0) is 4.79 Å². The van der Waals surface area contributed by atoms with Crippen LogP contribution < -0.4 is 9.84 Å². The second-order valence-corrected chi connectivity index (χ2v) is 2.60. The fourth-order valence-electron chi connectivity index (χ4n) is 0.925. The first kappa shape index (κ1) is 11.2. The molecule has 0 aromatic heterocycles. The van der Waals surface area contributed by atoms with Gasteiger partial charge in [-0.15, -0.1) is 0 Å². The lowest BCUT2D eigenvalue weighted by molar-refractivity contribution is -0.297. The standard InChI is InChI=1S/C10H8F2O3/c11-10(12)15-8-4-1-7(2-5-8)3-6-9(13)14/h1-6,10H,(H,13,14)/p-1/b6-3-. The van der Waals surface area contributed by atoms with Gasteiger partial charge in [0, 0.05) is 0 Å². The zero-order valence-electron chi connectivity index (χ0n) is 7.52. The highest BCUT2D eigenvalue weighted by Crippen LogP contribution is 2.15. The molecule has 0 aliphatic rings. The summed E-state index contributed by atoms with van der Waals surface area (Å²) in [5.74, 6) is -1.29. The van der Waals surface area contributed by atoms with Crippen molar-refractivity contribution in [2.24, 2.45) is 0 Å². The third kappa shape index (κ3) is 4.21. The Morgan fingerprint density at radius 3 is 2.40 bits per heavy atom. The maximum Gasteiger partial charge on any atom is 0.387 e. The van der Waals surface area contributed by atoms with Gasteiger partial charge >= 0.3 is 6.61 Å². The number of alkyl halides is 2. The first-order valence-corrected chi connectivity index (χ1v) is 4.02. The zero-order chi connectivity index (χ0) is 11.3. The van der Waals surface area contributed by atoms with Crippen molar-refractivity contribution in [3.05, 3.63) is 35.9 Å². The largest absolute Gasteiger partial charge is 0.545 e. The molecule has 3 nitrogen and oxygen atoms in total. The average molecular weight is 213 g/mol. The van der Waals surface area contributed by atoms with Crippen LogP contribution in [0.2, 0.25) is 0 Å². The monoisotopic (exact) mass is 213 g/mol. The van der Waals surface area contributed by atoms with Crippen molar-refractivity contribution in [1.82, 2.24) is 0 Å². The van der Waals surface area contributed by atoms with E-state index in [9.17, 15) is 18.7 Å². The number of benzene rings is 1. The Bertz CT molecular complexity index is 357. The number of hydrogen-bond donors (Lipinski definition) is 0. The van der Waals surface area contributed by atoms with Crippen molar-refractivity contribution in [2.75, 3.05) is 0 Å². The Balaban J connectivity index is 2.68. The third-order valence-electron chi connectivity index (χ3n) is 1.52. The highest BCUT2D eigenvalue weighted by atomic mass is 19.3. The fourth-order valence-corrected chi connectivity index (χ4v) is 0.925. The molecule has 1 aromatic rings. The number of rotatable bonds is 4. The Morgan fingerprint density at radius 1 is 1.33 bits per heavy atom. The molecule has 0 heterocycles. The number of carbonyl (C=O) groups is 1. The molecule has 0 saturated heterocycles. The van der Waals surface area contributed by atoms with Crippen LogP contribution in [0, 0.1) is 0 Å². The molecule has 0 N–H and O–H groups in total. The van der Waals surface area contributed by atoms with Crippen LogP contribution in [0.25, 0.3) is 6.08 Å². The summed E-state index contributed by atoms with van der Waals surface area (Å²) in [5, 5.41) is 10.1. The van der Waals surface area contributed by atoms with Gasteiger partial charge in [0.05, 0.1) is 5.97 Å². The van der Waals surface area contributed by atoms with Crippen molar-refractivity contribution >= 4 is 12.0 Å². The Kier molecular flexibility index (Phi) is 3.79. The smallest absolute Gasteiger partial charge is 0.387 e. The van der Waals surface area contributed by atoms with Gasteiger partial charge < -0.3 is 14.6 Å². The number of carbonyl (C=O) groups excluding carboxylic acids is 1. The number of carboxylic acid groups (broad SMARTS) is 1. The van der Waals surface area contributed by atoms with Crippen LogP contribution in [0.1, 0.15) is 5.56 Å². The lowest BCUT2D eigenvalue weighted by atomic mass is 10.2. The van der Waals surface area contributed by atoms with Crippen LogP contribution in [0.5, 0.6) is 5.75 Å². The Labute approximate surface area is 84.6 Å². The molecular weight excluding hydrogens is 206 g/mol. The van der Waals surface area contributed by atoms with Crippen molar-refractivity contribution < 1.29 is 23.4 Å². The minimum Gasteiger partial charge on any atom is -0.545 e.